The first kappa shape index (κ1) is 22.6. The number of methoxy groups -OCH3 is 1. The fourth-order valence-electron chi connectivity index (χ4n) is 3.26. The molecule has 0 radical (unpaired) electrons. The molecule has 7 nitrogen and oxygen atoms in total. The largest absolute Gasteiger partial charge is 0.385 e. The van der Waals surface area contributed by atoms with Gasteiger partial charge in [0, 0.05) is 33.5 Å². The molecule has 0 aliphatic heterocycles. The number of nitrogens with one attached hydrogen (secondary N) is 3. The third kappa shape index (κ3) is 7.45. The van der Waals surface area contributed by atoms with Gasteiger partial charge in [-0.15, -0.1) is 24.0 Å². The smallest absolute Gasteiger partial charge is 0.243 e. The Balaban J connectivity index is 0.00000338. The van der Waals surface area contributed by atoms with Gasteiger partial charge in [-0.05, 0) is 36.8 Å². The van der Waals surface area contributed by atoms with E-state index in [1.54, 1.807) is 38.7 Å². The number of halogens is 1. The zero-order valence-electron chi connectivity index (χ0n) is 15.6. The van der Waals surface area contributed by atoms with Crippen molar-refractivity contribution >= 4 is 41.5 Å². The molecule has 1 aliphatic carbocycles. The SMILES string of the molecule is CN=C(NCC(=O)Nc1cccnc1)NCC1(CCOC)CCCC1.I. The Kier molecular flexibility index (Phi) is 10.5. The van der Waals surface area contributed by atoms with E-state index < -0.39 is 0 Å². The lowest BCUT2D eigenvalue weighted by Gasteiger charge is -2.29. The van der Waals surface area contributed by atoms with Crippen LogP contribution in [0.4, 0.5) is 5.69 Å². The number of aromatic nitrogens is 1. The highest BCUT2D eigenvalue weighted by molar-refractivity contribution is 14.0. The minimum atomic E-state index is -0.133. The van der Waals surface area contributed by atoms with E-state index in [4.69, 9.17) is 4.74 Å². The van der Waals surface area contributed by atoms with Crippen LogP contribution in [0.5, 0.6) is 0 Å². The molecule has 8 heteroatoms. The summed E-state index contributed by atoms with van der Waals surface area (Å²) < 4.78 is 5.27. The summed E-state index contributed by atoms with van der Waals surface area (Å²) in [5, 5.41) is 9.22. The molecule has 0 bridgehead atoms. The van der Waals surface area contributed by atoms with Crippen molar-refractivity contribution in [3.8, 4) is 0 Å². The molecule has 1 heterocycles. The van der Waals surface area contributed by atoms with Gasteiger partial charge in [0.1, 0.15) is 0 Å². The van der Waals surface area contributed by atoms with Crippen molar-refractivity contribution in [3.05, 3.63) is 24.5 Å². The maximum atomic E-state index is 12.0. The minimum absolute atomic E-state index is 0. The number of aliphatic imine (C=N–C) groups is 1. The van der Waals surface area contributed by atoms with Crippen molar-refractivity contribution in [1.82, 2.24) is 15.6 Å². The number of hydrogen-bond acceptors (Lipinski definition) is 4. The summed E-state index contributed by atoms with van der Waals surface area (Å²) >= 11 is 0. The molecular formula is C18H30IN5O2. The second kappa shape index (κ2) is 12.1. The van der Waals surface area contributed by atoms with Crippen LogP contribution >= 0.6 is 24.0 Å². The zero-order chi connectivity index (χ0) is 18.0. The monoisotopic (exact) mass is 475 g/mol. The lowest BCUT2D eigenvalue weighted by Crippen LogP contribution is -2.45. The first-order chi connectivity index (χ1) is 12.2. The average molecular weight is 475 g/mol. The van der Waals surface area contributed by atoms with Gasteiger partial charge in [0.2, 0.25) is 5.91 Å². The van der Waals surface area contributed by atoms with Crippen LogP contribution in [0, 0.1) is 5.41 Å². The first-order valence-corrected chi connectivity index (χ1v) is 8.81. The van der Waals surface area contributed by atoms with Crippen molar-refractivity contribution in [1.29, 1.82) is 0 Å². The van der Waals surface area contributed by atoms with Crippen LogP contribution in [0.15, 0.2) is 29.5 Å². The first-order valence-electron chi connectivity index (χ1n) is 8.81. The van der Waals surface area contributed by atoms with Gasteiger partial charge in [-0.1, -0.05) is 12.8 Å². The van der Waals surface area contributed by atoms with Gasteiger partial charge in [0.25, 0.3) is 0 Å². The summed E-state index contributed by atoms with van der Waals surface area (Å²) in [5.41, 5.74) is 0.952. The number of pyridine rings is 1. The van der Waals surface area contributed by atoms with E-state index in [0.29, 0.717) is 11.6 Å². The molecule has 0 aromatic carbocycles. The van der Waals surface area contributed by atoms with Gasteiger partial charge in [0.15, 0.2) is 5.96 Å². The average Bonchev–Trinajstić information content (AvgIpc) is 3.10. The van der Waals surface area contributed by atoms with Crippen LogP contribution in [0.3, 0.4) is 0 Å². The molecule has 1 fully saturated rings. The number of hydrogen-bond donors (Lipinski definition) is 3. The number of carbonyl (C=O) groups excluding carboxylic acids is 1. The molecular weight excluding hydrogens is 445 g/mol. The van der Waals surface area contributed by atoms with E-state index in [-0.39, 0.29) is 41.8 Å². The maximum absolute atomic E-state index is 12.0. The molecule has 0 spiro atoms. The lowest BCUT2D eigenvalue weighted by molar-refractivity contribution is -0.115. The summed E-state index contributed by atoms with van der Waals surface area (Å²) in [4.78, 5) is 20.2. The molecule has 26 heavy (non-hydrogen) atoms. The number of anilines is 1. The molecule has 1 saturated carbocycles. The summed E-state index contributed by atoms with van der Waals surface area (Å²) in [7, 11) is 3.46. The Morgan fingerprint density at radius 3 is 2.73 bits per heavy atom. The number of amides is 1. The predicted molar refractivity (Wildman–Crippen MR) is 115 cm³/mol. The topological polar surface area (TPSA) is 87.6 Å². The summed E-state index contributed by atoms with van der Waals surface area (Å²) in [6.07, 6.45) is 9.29. The van der Waals surface area contributed by atoms with Gasteiger partial charge in [-0.25, -0.2) is 0 Å². The molecule has 1 amide bonds. The summed E-state index contributed by atoms with van der Waals surface area (Å²) in [5.74, 6) is 0.510. The van der Waals surface area contributed by atoms with E-state index in [1.165, 1.54) is 25.7 Å². The van der Waals surface area contributed by atoms with Gasteiger partial charge in [-0.2, -0.15) is 0 Å². The molecule has 0 saturated heterocycles. The molecule has 3 N–H and O–H groups in total. The van der Waals surface area contributed by atoms with Crippen molar-refractivity contribution in [2.45, 2.75) is 32.1 Å². The summed E-state index contributed by atoms with van der Waals surface area (Å²) in [6.45, 7) is 1.78. The van der Waals surface area contributed by atoms with E-state index in [9.17, 15) is 4.79 Å². The quantitative estimate of drug-likeness (QED) is 0.306. The third-order valence-corrected chi connectivity index (χ3v) is 4.72. The van der Waals surface area contributed by atoms with Gasteiger partial charge < -0.3 is 20.7 Å². The number of rotatable bonds is 8. The fraction of sp³-hybridized carbons (Fsp3) is 0.611. The van der Waals surface area contributed by atoms with Crippen molar-refractivity contribution in [2.75, 3.05) is 39.2 Å². The minimum Gasteiger partial charge on any atom is -0.385 e. The van der Waals surface area contributed by atoms with Crippen LogP contribution in [0.2, 0.25) is 0 Å². The Labute approximate surface area is 172 Å². The highest BCUT2D eigenvalue weighted by atomic mass is 127. The van der Waals surface area contributed by atoms with Crippen LogP contribution < -0.4 is 16.0 Å². The van der Waals surface area contributed by atoms with Gasteiger partial charge in [-0.3, -0.25) is 14.8 Å². The third-order valence-electron chi connectivity index (χ3n) is 4.72. The van der Waals surface area contributed by atoms with Crippen molar-refractivity contribution < 1.29 is 9.53 Å². The summed E-state index contributed by atoms with van der Waals surface area (Å²) in [6, 6.07) is 3.59. The van der Waals surface area contributed by atoms with Crippen molar-refractivity contribution in [2.24, 2.45) is 10.4 Å². The molecule has 146 valence electrons. The second-order valence-corrected chi connectivity index (χ2v) is 6.52. The Hall–Kier alpha value is -1.42. The van der Waals surface area contributed by atoms with E-state index in [2.05, 4.69) is 25.9 Å². The Morgan fingerprint density at radius 1 is 1.35 bits per heavy atom. The van der Waals surface area contributed by atoms with Gasteiger partial charge in [0.05, 0.1) is 18.4 Å². The lowest BCUT2D eigenvalue weighted by atomic mass is 9.83. The fourth-order valence-corrected chi connectivity index (χ4v) is 3.26. The maximum Gasteiger partial charge on any atom is 0.243 e. The molecule has 2 rings (SSSR count). The van der Waals surface area contributed by atoms with E-state index in [0.717, 1.165) is 19.6 Å². The molecule has 0 atom stereocenters. The number of carbonyl (C=O) groups is 1. The normalized spacial score (nSPS) is 15.8. The van der Waals surface area contributed by atoms with Crippen molar-refractivity contribution in [3.63, 3.8) is 0 Å². The number of ether oxygens (including phenoxy) is 1. The van der Waals surface area contributed by atoms with Gasteiger partial charge >= 0.3 is 0 Å². The molecule has 1 aromatic rings. The zero-order valence-corrected chi connectivity index (χ0v) is 17.9. The number of guanidine groups is 1. The molecule has 1 aromatic heterocycles. The van der Waals surface area contributed by atoms with Crippen LogP contribution in [0.1, 0.15) is 32.1 Å². The van der Waals surface area contributed by atoms with Crippen LogP contribution in [-0.2, 0) is 9.53 Å². The number of nitrogens with zero attached hydrogens (tertiary/aromatic N) is 2. The molecule has 1 aliphatic rings. The Bertz CT molecular complexity index is 562. The highest BCUT2D eigenvalue weighted by Crippen LogP contribution is 2.40. The predicted octanol–water partition coefficient (Wildman–Crippen LogP) is 2.40. The van der Waals surface area contributed by atoms with E-state index >= 15 is 0 Å². The van der Waals surface area contributed by atoms with Crippen LogP contribution in [-0.4, -0.2) is 50.7 Å². The molecule has 0 unspecified atom stereocenters. The standard InChI is InChI=1S/C18H29N5O2.HI/c1-19-17(21-13-16(24)23-15-6-5-10-20-12-15)22-14-18(9-11-25-2)7-3-4-8-18;/h5-6,10,12H,3-4,7-9,11,13-14H2,1-2H3,(H,23,24)(H2,19,21,22);1H. The second-order valence-electron chi connectivity index (χ2n) is 6.52. The highest BCUT2D eigenvalue weighted by Gasteiger charge is 2.33. The van der Waals surface area contributed by atoms with Crippen LogP contribution in [0.25, 0.3) is 0 Å². The van der Waals surface area contributed by atoms with E-state index in [1.807, 2.05) is 0 Å². The Morgan fingerprint density at radius 2 is 2.12 bits per heavy atom.